The average Bonchev–Trinajstić information content (AvgIpc) is 2.63. The first kappa shape index (κ1) is 15.9. The van der Waals surface area contributed by atoms with Gasteiger partial charge in [0.1, 0.15) is 5.75 Å². The number of anilines is 1. The summed E-state index contributed by atoms with van der Waals surface area (Å²) in [6, 6.07) is 19.2. The maximum absolute atomic E-state index is 5.23. The Morgan fingerprint density at radius 1 is 0.870 bits per heavy atom. The van der Waals surface area contributed by atoms with E-state index in [2.05, 4.69) is 52.3 Å². The van der Waals surface area contributed by atoms with Crippen molar-refractivity contribution < 1.29 is 4.74 Å². The number of nitrogens with zero attached hydrogens (tertiary/aromatic N) is 2. The summed E-state index contributed by atoms with van der Waals surface area (Å²) in [5.41, 5.74) is 2.75. The fourth-order valence-electron chi connectivity index (χ4n) is 3.17. The van der Waals surface area contributed by atoms with Gasteiger partial charge in [-0.2, -0.15) is 0 Å². The van der Waals surface area contributed by atoms with Crippen LogP contribution in [0.5, 0.6) is 5.75 Å². The van der Waals surface area contributed by atoms with E-state index < -0.39 is 0 Å². The summed E-state index contributed by atoms with van der Waals surface area (Å²) in [6.45, 7) is 5.72. The summed E-state index contributed by atoms with van der Waals surface area (Å²) in [5, 5.41) is 0. The standard InChI is InChI=1S/C20H26N2O/c1-23-20-11-9-19(10-12-20)22-16-14-21(15-17-22)13-5-8-18-6-3-2-4-7-18/h2-4,6-7,9-12H,5,8,13-17H2,1H3. The van der Waals surface area contributed by atoms with Crippen LogP contribution in [0.4, 0.5) is 5.69 Å². The number of hydrogen-bond donors (Lipinski definition) is 0. The van der Waals surface area contributed by atoms with Gasteiger partial charge in [-0.1, -0.05) is 30.3 Å². The molecule has 0 radical (unpaired) electrons. The average molecular weight is 310 g/mol. The third kappa shape index (κ3) is 4.49. The van der Waals surface area contributed by atoms with Crippen LogP contribution in [0.3, 0.4) is 0 Å². The Hall–Kier alpha value is -2.00. The van der Waals surface area contributed by atoms with Gasteiger partial charge in [-0.05, 0) is 49.2 Å². The summed E-state index contributed by atoms with van der Waals surface area (Å²) in [6.07, 6.45) is 2.42. The maximum Gasteiger partial charge on any atom is 0.119 e. The van der Waals surface area contributed by atoms with Gasteiger partial charge in [-0.25, -0.2) is 0 Å². The van der Waals surface area contributed by atoms with E-state index >= 15 is 0 Å². The Bertz CT molecular complexity index is 574. The number of piperazine rings is 1. The largest absolute Gasteiger partial charge is 0.497 e. The van der Waals surface area contributed by atoms with E-state index in [1.54, 1.807) is 7.11 Å². The topological polar surface area (TPSA) is 15.7 Å². The molecule has 0 spiro atoms. The second kappa shape index (κ2) is 8.02. The molecule has 1 saturated heterocycles. The molecule has 0 saturated carbocycles. The third-order valence-electron chi connectivity index (χ3n) is 4.59. The number of benzene rings is 2. The van der Waals surface area contributed by atoms with Crippen LogP contribution in [0.15, 0.2) is 54.6 Å². The van der Waals surface area contributed by atoms with Crippen molar-refractivity contribution >= 4 is 5.69 Å². The SMILES string of the molecule is COc1ccc(N2CCN(CCCc3ccccc3)CC2)cc1. The van der Waals surface area contributed by atoms with E-state index in [1.165, 1.54) is 30.6 Å². The lowest BCUT2D eigenvalue weighted by atomic mass is 10.1. The summed E-state index contributed by atoms with van der Waals surface area (Å²) in [4.78, 5) is 5.05. The summed E-state index contributed by atoms with van der Waals surface area (Å²) >= 11 is 0. The van der Waals surface area contributed by atoms with Gasteiger partial charge >= 0.3 is 0 Å². The molecule has 122 valence electrons. The first-order valence-corrected chi connectivity index (χ1v) is 8.50. The molecule has 0 aliphatic carbocycles. The Morgan fingerprint density at radius 2 is 1.57 bits per heavy atom. The molecule has 23 heavy (non-hydrogen) atoms. The lowest BCUT2D eigenvalue weighted by Crippen LogP contribution is -2.46. The zero-order chi connectivity index (χ0) is 15.9. The second-order valence-electron chi connectivity index (χ2n) is 6.12. The predicted molar refractivity (Wildman–Crippen MR) is 96.4 cm³/mol. The summed E-state index contributed by atoms with van der Waals surface area (Å²) in [5.74, 6) is 0.924. The predicted octanol–water partition coefficient (Wildman–Crippen LogP) is 3.45. The Morgan fingerprint density at radius 3 is 2.22 bits per heavy atom. The van der Waals surface area contributed by atoms with E-state index in [1.807, 2.05) is 12.1 Å². The molecule has 0 aromatic heterocycles. The zero-order valence-corrected chi connectivity index (χ0v) is 13.9. The Labute approximate surface area is 139 Å². The van der Waals surface area contributed by atoms with Gasteiger partial charge in [-0.3, -0.25) is 4.90 Å². The van der Waals surface area contributed by atoms with E-state index in [4.69, 9.17) is 4.74 Å². The van der Waals surface area contributed by atoms with Crippen LogP contribution in [0.25, 0.3) is 0 Å². The quantitative estimate of drug-likeness (QED) is 0.813. The number of hydrogen-bond acceptors (Lipinski definition) is 3. The number of methoxy groups -OCH3 is 1. The fourth-order valence-corrected chi connectivity index (χ4v) is 3.17. The van der Waals surface area contributed by atoms with Gasteiger partial charge in [0, 0.05) is 31.9 Å². The number of ether oxygens (including phenoxy) is 1. The molecule has 0 unspecified atom stereocenters. The fraction of sp³-hybridized carbons (Fsp3) is 0.400. The molecule has 0 N–H and O–H groups in total. The minimum atomic E-state index is 0.924. The summed E-state index contributed by atoms with van der Waals surface area (Å²) in [7, 11) is 1.71. The van der Waals surface area contributed by atoms with Crippen LogP contribution in [0.1, 0.15) is 12.0 Å². The Balaban J connectivity index is 1.41. The molecule has 1 fully saturated rings. The van der Waals surface area contributed by atoms with Gasteiger partial charge in [0.15, 0.2) is 0 Å². The molecule has 3 nitrogen and oxygen atoms in total. The van der Waals surface area contributed by atoms with Crippen LogP contribution in [-0.2, 0) is 6.42 Å². The van der Waals surface area contributed by atoms with Crippen molar-refractivity contribution in [3.63, 3.8) is 0 Å². The van der Waals surface area contributed by atoms with E-state index in [0.29, 0.717) is 0 Å². The van der Waals surface area contributed by atoms with Gasteiger partial charge < -0.3 is 9.64 Å². The van der Waals surface area contributed by atoms with Crippen LogP contribution in [0.2, 0.25) is 0 Å². The van der Waals surface area contributed by atoms with Gasteiger partial charge in [0.05, 0.1) is 7.11 Å². The van der Waals surface area contributed by atoms with E-state index in [-0.39, 0.29) is 0 Å². The monoisotopic (exact) mass is 310 g/mol. The highest BCUT2D eigenvalue weighted by atomic mass is 16.5. The van der Waals surface area contributed by atoms with Crippen molar-refractivity contribution in [2.75, 3.05) is 44.7 Å². The maximum atomic E-state index is 5.23. The molecule has 0 bridgehead atoms. The smallest absolute Gasteiger partial charge is 0.119 e. The molecule has 3 heteroatoms. The number of rotatable bonds is 6. The van der Waals surface area contributed by atoms with Crippen LogP contribution >= 0.6 is 0 Å². The first-order valence-electron chi connectivity index (χ1n) is 8.50. The first-order chi connectivity index (χ1) is 11.3. The normalized spacial score (nSPS) is 15.6. The molecular formula is C20H26N2O. The van der Waals surface area contributed by atoms with Crippen molar-refractivity contribution in [2.45, 2.75) is 12.8 Å². The highest BCUT2D eigenvalue weighted by Gasteiger charge is 2.16. The van der Waals surface area contributed by atoms with E-state index in [9.17, 15) is 0 Å². The second-order valence-corrected chi connectivity index (χ2v) is 6.12. The molecule has 1 aliphatic rings. The lowest BCUT2D eigenvalue weighted by Gasteiger charge is -2.36. The molecule has 0 amide bonds. The van der Waals surface area contributed by atoms with Gasteiger partial charge in [0.2, 0.25) is 0 Å². The van der Waals surface area contributed by atoms with Crippen LogP contribution in [0, 0.1) is 0 Å². The summed E-state index contributed by atoms with van der Waals surface area (Å²) < 4.78 is 5.23. The van der Waals surface area contributed by atoms with Crippen molar-refractivity contribution in [3.05, 3.63) is 60.2 Å². The molecule has 1 heterocycles. The molecule has 3 rings (SSSR count). The van der Waals surface area contributed by atoms with Crippen molar-refractivity contribution in [2.24, 2.45) is 0 Å². The van der Waals surface area contributed by atoms with Crippen LogP contribution < -0.4 is 9.64 Å². The van der Waals surface area contributed by atoms with Gasteiger partial charge in [0.25, 0.3) is 0 Å². The van der Waals surface area contributed by atoms with Crippen molar-refractivity contribution in [3.8, 4) is 5.75 Å². The molecule has 2 aromatic rings. The van der Waals surface area contributed by atoms with Crippen molar-refractivity contribution in [1.29, 1.82) is 0 Å². The van der Waals surface area contributed by atoms with Crippen molar-refractivity contribution in [1.82, 2.24) is 4.90 Å². The molecule has 2 aromatic carbocycles. The van der Waals surface area contributed by atoms with Gasteiger partial charge in [-0.15, -0.1) is 0 Å². The highest BCUT2D eigenvalue weighted by molar-refractivity contribution is 5.49. The molecule has 1 aliphatic heterocycles. The third-order valence-corrected chi connectivity index (χ3v) is 4.59. The highest BCUT2D eigenvalue weighted by Crippen LogP contribution is 2.20. The molecule has 0 atom stereocenters. The van der Waals surface area contributed by atoms with Crippen LogP contribution in [-0.4, -0.2) is 44.7 Å². The zero-order valence-electron chi connectivity index (χ0n) is 13.9. The lowest BCUT2D eigenvalue weighted by molar-refractivity contribution is 0.255. The minimum Gasteiger partial charge on any atom is -0.497 e. The minimum absolute atomic E-state index is 0.924. The Kier molecular flexibility index (Phi) is 5.54. The number of aryl methyl sites for hydroxylation is 1. The molecular weight excluding hydrogens is 284 g/mol. The van der Waals surface area contributed by atoms with E-state index in [0.717, 1.165) is 31.9 Å².